The van der Waals surface area contributed by atoms with Crippen LogP contribution in [0.15, 0.2) is 60.9 Å². The van der Waals surface area contributed by atoms with Gasteiger partial charge in [0.25, 0.3) is 5.91 Å². The molecule has 1 aromatic heterocycles. The van der Waals surface area contributed by atoms with Crippen molar-refractivity contribution in [3.05, 3.63) is 77.7 Å². The van der Waals surface area contributed by atoms with E-state index in [0.717, 1.165) is 16.9 Å². The molecule has 4 N–H and O–H groups in total. The zero-order valence-electron chi connectivity index (χ0n) is 13.1. The van der Waals surface area contributed by atoms with Gasteiger partial charge < -0.3 is 20.8 Å². The lowest BCUT2D eigenvalue weighted by molar-refractivity contribution is 0.0993. The van der Waals surface area contributed by atoms with Crippen LogP contribution in [0.4, 0.5) is 5.82 Å². The van der Waals surface area contributed by atoms with E-state index in [9.17, 15) is 4.79 Å². The summed E-state index contributed by atoms with van der Waals surface area (Å²) in [5.41, 5.74) is 13.3. The van der Waals surface area contributed by atoms with Gasteiger partial charge in [0.1, 0.15) is 12.4 Å². The maximum absolute atomic E-state index is 11.4. The van der Waals surface area contributed by atoms with Crippen molar-refractivity contribution in [2.45, 2.75) is 13.2 Å². The largest absolute Gasteiger partial charge is 0.489 e. The highest BCUT2D eigenvalue weighted by Crippen LogP contribution is 2.17. The Morgan fingerprint density at radius 1 is 1.04 bits per heavy atom. The molecule has 3 rings (SSSR count). The first-order valence-electron chi connectivity index (χ1n) is 7.49. The van der Waals surface area contributed by atoms with Gasteiger partial charge in [0.15, 0.2) is 11.5 Å². The van der Waals surface area contributed by atoms with E-state index in [4.69, 9.17) is 16.2 Å². The first-order valence-corrected chi connectivity index (χ1v) is 7.49. The van der Waals surface area contributed by atoms with Gasteiger partial charge in [-0.2, -0.15) is 0 Å². The number of anilines is 1. The molecular formula is C18H18N4O2. The molecule has 0 aliphatic rings. The maximum atomic E-state index is 11.4. The lowest BCUT2D eigenvalue weighted by Gasteiger charge is -2.09. The maximum Gasteiger partial charge on any atom is 0.269 e. The molecule has 0 unspecified atom stereocenters. The molecule has 3 aromatic rings. The average molecular weight is 322 g/mol. The van der Waals surface area contributed by atoms with Gasteiger partial charge in [-0.15, -0.1) is 0 Å². The Hall–Kier alpha value is -3.28. The molecule has 6 nitrogen and oxygen atoms in total. The van der Waals surface area contributed by atoms with Gasteiger partial charge in [-0.05, 0) is 23.3 Å². The van der Waals surface area contributed by atoms with Gasteiger partial charge in [-0.25, -0.2) is 4.98 Å². The van der Waals surface area contributed by atoms with E-state index < -0.39 is 5.91 Å². The Morgan fingerprint density at radius 2 is 1.75 bits per heavy atom. The third-order valence-corrected chi connectivity index (χ3v) is 3.62. The van der Waals surface area contributed by atoms with Crippen molar-refractivity contribution in [1.29, 1.82) is 0 Å². The second-order valence-corrected chi connectivity index (χ2v) is 5.39. The molecule has 122 valence electrons. The molecule has 0 atom stereocenters. The van der Waals surface area contributed by atoms with E-state index in [0.29, 0.717) is 13.2 Å². The Kier molecular flexibility index (Phi) is 4.47. The van der Waals surface area contributed by atoms with Gasteiger partial charge in [-0.3, -0.25) is 4.79 Å². The second-order valence-electron chi connectivity index (χ2n) is 5.39. The Balaban J connectivity index is 1.66. The summed E-state index contributed by atoms with van der Waals surface area (Å²) >= 11 is 0. The number of carbonyl (C=O) groups excluding carboxylic acids is 1. The van der Waals surface area contributed by atoms with Gasteiger partial charge in [0.05, 0.1) is 6.33 Å². The topological polar surface area (TPSA) is 96.2 Å². The number of imidazole rings is 1. The van der Waals surface area contributed by atoms with Gasteiger partial charge >= 0.3 is 0 Å². The number of ether oxygens (including phenoxy) is 1. The van der Waals surface area contributed by atoms with Crippen molar-refractivity contribution in [3.63, 3.8) is 0 Å². The van der Waals surface area contributed by atoms with Crippen LogP contribution in [0.3, 0.4) is 0 Å². The van der Waals surface area contributed by atoms with E-state index in [-0.39, 0.29) is 11.5 Å². The van der Waals surface area contributed by atoms with Gasteiger partial charge in [0, 0.05) is 6.54 Å². The van der Waals surface area contributed by atoms with Crippen LogP contribution in [-0.2, 0) is 13.2 Å². The molecule has 0 saturated heterocycles. The van der Waals surface area contributed by atoms with Crippen LogP contribution >= 0.6 is 0 Å². The predicted octanol–water partition coefficient (Wildman–Crippen LogP) is 2.19. The molecule has 1 heterocycles. The average Bonchev–Trinajstić information content (AvgIpc) is 2.96. The highest BCUT2D eigenvalue weighted by molar-refractivity contribution is 5.95. The van der Waals surface area contributed by atoms with Crippen LogP contribution in [0, 0.1) is 0 Å². The second kappa shape index (κ2) is 6.87. The molecule has 0 saturated carbocycles. The lowest BCUT2D eigenvalue weighted by Crippen LogP contribution is -2.18. The molecule has 6 heteroatoms. The minimum Gasteiger partial charge on any atom is -0.489 e. The smallest absolute Gasteiger partial charge is 0.269 e. The number of benzene rings is 2. The molecule has 0 aliphatic heterocycles. The summed E-state index contributed by atoms with van der Waals surface area (Å²) in [6, 6.07) is 17.6. The normalized spacial score (nSPS) is 10.5. The highest BCUT2D eigenvalue weighted by Gasteiger charge is 2.13. The molecule has 0 fully saturated rings. The van der Waals surface area contributed by atoms with Crippen LogP contribution in [0.2, 0.25) is 0 Å². The van der Waals surface area contributed by atoms with Crippen LogP contribution in [-0.4, -0.2) is 15.5 Å². The molecule has 0 radical (unpaired) electrons. The first-order chi connectivity index (χ1) is 11.6. The fourth-order valence-electron chi connectivity index (χ4n) is 2.41. The quantitative estimate of drug-likeness (QED) is 0.727. The van der Waals surface area contributed by atoms with Crippen LogP contribution in [0.25, 0.3) is 0 Å². The van der Waals surface area contributed by atoms with Crippen LogP contribution in [0.5, 0.6) is 5.75 Å². The summed E-state index contributed by atoms with van der Waals surface area (Å²) in [4.78, 5) is 15.4. The number of nitrogen functional groups attached to an aromatic ring is 1. The number of carbonyl (C=O) groups is 1. The lowest BCUT2D eigenvalue weighted by atomic mass is 10.2. The molecule has 0 aliphatic carbocycles. The Bertz CT molecular complexity index is 826. The van der Waals surface area contributed by atoms with Crippen molar-refractivity contribution in [2.75, 3.05) is 5.73 Å². The van der Waals surface area contributed by atoms with Crippen molar-refractivity contribution >= 4 is 11.7 Å². The van der Waals surface area contributed by atoms with Gasteiger partial charge in [-0.1, -0.05) is 42.5 Å². The van der Waals surface area contributed by atoms with Crippen molar-refractivity contribution in [2.24, 2.45) is 5.73 Å². The summed E-state index contributed by atoms with van der Waals surface area (Å²) in [5, 5.41) is 0. The SMILES string of the molecule is NC(=O)c1c(N)ncn1Cc1ccc(OCc2ccccc2)cc1. The number of nitrogens with two attached hydrogens (primary N) is 2. The Labute approximate surface area is 139 Å². The van der Waals surface area contributed by atoms with E-state index in [1.165, 1.54) is 6.33 Å². The standard InChI is InChI=1S/C18H18N4O2/c19-17-16(18(20)23)22(12-21-17)10-13-6-8-15(9-7-13)24-11-14-4-2-1-3-5-14/h1-9,12H,10-11,19H2,(H2,20,23). The van der Waals surface area contributed by atoms with Crippen molar-refractivity contribution in [1.82, 2.24) is 9.55 Å². The number of aromatic nitrogens is 2. The van der Waals surface area contributed by atoms with Crippen molar-refractivity contribution < 1.29 is 9.53 Å². The monoisotopic (exact) mass is 322 g/mol. The fourth-order valence-corrected chi connectivity index (χ4v) is 2.41. The van der Waals surface area contributed by atoms with Gasteiger partial charge in [0.2, 0.25) is 0 Å². The van der Waals surface area contributed by atoms with E-state index in [1.807, 2.05) is 54.6 Å². The molecule has 24 heavy (non-hydrogen) atoms. The molecule has 0 bridgehead atoms. The fraction of sp³-hybridized carbons (Fsp3) is 0.111. The molecule has 1 amide bonds. The van der Waals surface area contributed by atoms with E-state index >= 15 is 0 Å². The predicted molar refractivity (Wildman–Crippen MR) is 91.5 cm³/mol. The number of primary amides is 1. The van der Waals surface area contributed by atoms with E-state index in [1.54, 1.807) is 4.57 Å². The number of amides is 1. The van der Waals surface area contributed by atoms with Crippen LogP contribution < -0.4 is 16.2 Å². The summed E-state index contributed by atoms with van der Waals surface area (Å²) in [5.74, 6) is 0.334. The number of hydrogen-bond acceptors (Lipinski definition) is 4. The third-order valence-electron chi connectivity index (χ3n) is 3.62. The summed E-state index contributed by atoms with van der Waals surface area (Å²) in [6.07, 6.45) is 1.51. The zero-order chi connectivity index (χ0) is 16.9. The van der Waals surface area contributed by atoms with Crippen molar-refractivity contribution in [3.8, 4) is 5.75 Å². The number of nitrogens with zero attached hydrogens (tertiary/aromatic N) is 2. The number of rotatable bonds is 6. The Morgan fingerprint density at radius 3 is 2.42 bits per heavy atom. The minimum atomic E-state index is -0.590. The summed E-state index contributed by atoms with van der Waals surface area (Å²) < 4.78 is 7.39. The summed E-state index contributed by atoms with van der Waals surface area (Å²) in [6.45, 7) is 0.978. The summed E-state index contributed by atoms with van der Waals surface area (Å²) in [7, 11) is 0. The highest BCUT2D eigenvalue weighted by atomic mass is 16.5. The molecule has 0 spiro atoms. The molecule has 2 aromatic carbocycles. The first kappa shape index (κ1) is 15.6. The third kappa shape index (κ3) is 3.55. The minimum absolute atomic E-state index is 0.144. The zero-order valence-corrected chi connectivity index (χ0v) is 13.1. The van der Waals surface area contributed by atoms with Crippen LogP contribution in [0.1, 0.15) is 21.6 Å². The number of hydrogen-bond donors (Lipinski definition) is 2. The molecular weight excluding hydrogens is 304 g/mol. The van der Waals surface area contributed by atoms with E-state index in [2.05, 4.69) is 4.98 Å².